The first-order chi connectivity index (χ1) is 16.2. The molecule has 1 fully saturated rings. The minimum atomic E-state index is 0.205. The van der Waals surface area contributed by atoms with Gasteiger partial charge in [-0.15, -0.1) is 0 Å². The van der Waals surface area contributed by atoms with Crippen molar-refractivity contribution in [2.24, 2.45) is 0 Å². The summed E-state index contributed by atoms with van der Waals surface area (Å²) >= 11 is 0. The molecule has 1 amide bonds. The third kappa shape index (κ3) is 4.76. The first-order valence-electron chi connectivity index (χ1n) is 11.8. The lowest BCUT2D eigenvalue weighted by atomic mass is 10.1. The largest absolute Gasteiger partial charge is 0.495 e. The molecule has 6 nitrogen and oxygen atoms in total. The number of carbonyl (C=O) groups excluding carboxylic acids is 1. The minimum Gasteiger partial charge on any atom is -0.495 e. The first kappa shape index (κ1) is 21.6. The summed E-state index contributed by atoms with van der Waals surface area (Å²) in [6.07, 6.45) is 1.81. The second-order valence-electron chi connectivity index (χ2n) is 8.78. The van der Waals surface area contributed by atoms with E-state index in [4.69, 9.17) is 9.15 Å². The quantitative estimate of drug-likeness (QED) is 0.593. The molecule has 0 N–H and O–H groups in total. The van der Waals surface area contributed by atoms with E-state index in [9.17, 15) is 4.79 Å². The average Bonchev–Trinajstić information content (AvgIpc) is 3.16. The molecule has 0 atom stereocenters. The van der Waals surface area contributed by atoms with Crippen LogP contribution in [0.1, 0.15) is 17.7 Å². The van der Waals surface area contributed by atoms with Gasteiger partial charge in [-0.2, -0.15) is 0 Å². The molecule has 1 aromatic heterocycles. The number of para-hydroxylation sites is 2. The number of hydrogen-bond donors (Lipinski definition) is 0. The van der Waals surface area contributed by atoms with Gasteiger partial charge in [0.25, 0.3) is 0 Å². The first-order valence-corrected chi connectivity index (χ1v) is 11.8. The standard InChI is InChI=1S/C27H31N3O3/c1-32-25-11-6-5-10-23(25)29-16-14-28(15-17-29)20-27(31)30-13-7-12-24-22(19-30)18-26(33-24)21-8-3-2-4-9-21/h2-6,8-11,18H,7,12-17,19-20H2,1H3. The summed E-state index contributed by atoms with van der Waals surface area (Å²) in [5, 5.41) is 0. The van der Waals surface area contributed by atoms with Crippen LogP contribution in [-0.2, 0) is 17.8 Å². The van der Waals surface area contributed by atoms with Gasteiger partial charge in [0, 0.05) is 56.8 Å². The molecule has 0 saturated carbocycles. The van der Waals surface area contributed by atoms with Crippen molar-refractivity contribution in [3.05, 3.63) is 72.0 Å². The van der Waals surface area contributed by atoms with Crippen LogP contribution >= 0.6 is 0 Å². The number of piperazine rings is 1. The Hall–Kier alpha value is -3.25. The van der Waals surface area contributed by atoms with Crippen LogP contribution in [0.4, 0.5) is 5.69 Å². The summed E-state index contributed by atoms with van der Waals surface area (Å²) in [4.78, 5) is 19.8. The average molecular weight is 446 g/mol. The number of methoxy groups -OCH3 is 1. The van der Waals surface area contributed by atoms with Gasteiger partial charge in [-0.25, -0.2) is 0 Å². The number of aryl methyl sites for hydroxylation is 1. The summed E-state index contributed by atoms with van der Waals surface area (Å²) in [5.41, 5.74) is 3.34. The molecule has 0 aliphatic carbocycles. The van der Waals surface area contributed by atoms with Crippen LogP contribution in [0.3, 0.4) is 0 Å². The number of rotatable bonds is 5. The fourth-order valence-electron chi connectivity index (χ4n) is 4.81. The Morgan fingerprint density at radius 2 is 1.73 bits per heavy atom. The van der Waals surface area contributed by atoms with Crippen molar-refractivity contribution in [1.82, 2.24) is 9.80 Å². The number of fused-ring (bicyclic) bond motifs is 1. The molecule has 2 aliphatic rings. The Morgan fingerprint density at radius 3 is 2.52 bits per heavy atom. The lowest BCUT2D eigenvalue weighted by Gasteiger charge is -2.37. The Kier molecular flexibility index (Phi) is 6.35. The van der Waals surface area contributed by atoms with Gasteiger partial charge in [-0.1, -0.05) is 42.5 Å². The van der Waals surface area contributed by atoms with Gasteiger partial charge >= 0.3 is 0 Å². The molecular weight excluding hydrogens is 414 g/mol. The molecule has 0 radical (unpaired) electrons. The second-order valence-corrected chi connectivity index (χ2v) is 8.78. The molecule has 3 aromatic rings. The monoisotopic (exact) mass is 445 g/mol. The van der Waals surface area contributed by atoms with Crippen LogP contribution in [0.2, 0.25) is 0 Å². The predicted molar refractivity (Wildman–Crippen MR) is 130 cm³/mol. The Labute approximate surface area is 195 Å². The smallest absolute Gasteiger partial charge is 0.237 e. The van der Waals surface area contributed by atoms with E-state index in [0.29, 0.717) is 13.1 Å². The van der Waals surface area contributed by atoms with Gasteiger partial charge < -0.3 is 19.0 Å². The maximum Gasteiger partial charge on any atom is 0.237 e. The molecule has 2 aliphatic heterocycles. The summed E-state index contributed by atoms with van der Waals surface area (Å²) in [5.74, 6) is 3.02. The summed E-state index contributed by atoms with van der Waals surface area (Å²) in [6.45, 7) is 5.40. The fraction of sp³-hybridized carbons (Fsp3) is 0.370. The van der Waals surface area contributed by atoms with Crippen molar-refractivity contribution in [3.8, 4) is 17.1 Å². The van der Waals surface area contributed by atoms with Gasteiger partial charge in [-0.3, -0.25) is 9.69 Å². The highest BCUT2D eigenvalue weighted by atomic mass is 16.5. The molecule has 0 unspecified atom stereocenters. The lowest BCUT2D eigenvalue weighted by Crippen LogP contribution is -2.50. The third-order valence-electron chi connectivity index (χ3n) is 6.66. The van der Waals surface area contributed by atoms with Gasteiger partial charge in [0.05, 0.1) is 19.3 Å². The van der Waals surface area contributed by atoms with Gasteiger partial charge in [-0.05, 0) is 24.6 Å². The second kappa shape index (κ2) is 9.71. The lowest BCUT2D eigenvalue weighted by molar-refractivity contribution is -0.133. The molecule has 2 aromatic carbocycles. The van der Waals surface area contributed by atoms with Gasteiger partial charge in [0.1, 0.15) is 17.3 Å². The van der Waals surface area contributed by atoms with Crippen molar-refractivity contribution in [2.45, 2.75) is 19.4 Å². The molecule has 172 valence electrons. The molecular formula is C27H31N3O3. The van der Waals surface area contributed by atoms with Crippen molar-refractivity contribution < 1.29 is 13.9 Å². The number of amides is 1. The maximum atomic E-state index is 13.2. The third-order valence-corrected chi connectivity index (χ3v) is 6.66. The van der Waals surface area contributed by atoms with Crippen LogP contribution in [0.25, 0.3) is 11.3 Å². The molecule has 0 spiro atoms. The molecule has 3 heterocycles. The topological polar surface area (TPSA) is 49.2 Å². The van der Waals surface area contributed by atoms with E-state index in [1.807, 2.05) is 41.3 Å². The molecule has 0 bridgehead atoms. The Morgan fingerprint density at radius 1 is 0.970 bits per heavy atom. The Balaban J connectivity index is 1.19. The number of furan rings is 1. The SMILES string of the molecule is COc1ccccc1N1CCN(CC(=O)N2CCCc3oc(-c4ccccc4)cc3C2)CC1. The number of hydrogen-bond acceptors (Lipinski definition) is 5. The summed E-state index contributed by atoms with van der Waals surface area (Å²) in [7, 11) is 1.71. The van der Waals surface area contributed by atoms with Crippen LogP contribution in [0, 0.1) is 0 Å². The number of ether oxygens (including phenoxy) is 1. The zero-order chi connectivity index (χ0) is 22.6. The number of carbonyl (C=O) groups is 1. The van der Waals surface area contributed by atoms with E-state index in [2.05, 4.69) is 34.1 Å². The molecule has 1 saturated heterocycles. The summed E-state index contributed by atoms with van der Waals surface area (Å²) in [6, 6.07) is 20.4. The van der Waals surface area contributed by atoms with Crippen LogP contribution < -0.4 is 9.64 Å². The number of benzene rings is 2. The molecule has 33 heavy (non-hydrogen) atoms. The van der Waals surface area contributed by atoms with Crippen molar-refractivity contribution in [1.29, 1.82) is 0 Å². The van der Waals surface area contributed by atoms with Crippen LogP contribution in [0.5, 0.6) is 5.75 Å². The van der Waals surface area contributed by atoms with Crippen molar-refractivity contribution in [3.63, 3.8) is 0 Å². The highest BCUT2D eigenvalue weighted by Crippen LogP contribution is 2.30. The predicted octanol–water partition coefficient (Wildman–Crippen LogP) is 4.05. The highest BCUT2D eigenvalue weighted by molar-refractivity contribution is 5.78. The minimum absolute atomic E-state index is 0.205. The van der Waals surface area contributed by atoms with E-state index in [-0.39, 0.29) is 5.91 Å². The van der Waals surface area contributed by atoms with Gasteiger partial charge in [0.15, 0.2) is 0 Å². The van der Waals surface area contributed by atoms with E-state index in [1.165, 1.54) is 0 Å². The molecule has 5 rings (SSSR count). The van der Waals surface area contributed by atoms with E-state index < -0.39 is 0 Å². The normalized spacial score (nSPS) is 16.9. The van der Waals surface area contributed by atoms with Gasteiger partial charge in [0.2, 0.25) is 5.91 Å². The number of nitrogens with zero attached hydrogens (tertiary/aromatic N) is 3. The highest BCUT2D eigenvalue weighted by Gasteiger charge is 2.26. The summed E-state index contributed by atoms with van der Waals surface area (Å²) < 4.78 is 11.7. The van der Waals surface area contributed by atoms with E-state index >= 15 is 0 Å². The Bertz CT molecular complexity index is 1090. The van der Waals surface area contributed by atoms with Crippen molar-refractivity contribution >= 4 is 11.6 Å². The van der Waals surface area contributed by atoms with E-state index in [0.717, 1.165) is 79.6 Å². The van der Waals surface area contributed by atoms with E-state index in [1.54, 1.807) is 7.11 Å². The number of anilines is 1. The zero-order valence-electron chi connectivity index (χ0n) is 19.2. The maximum absolute atomic E-state index is 13.2. The van der Waals surface area contributed by atoms with Crippen LogP contribution in [0.15, 0.2) is 65.1 Å². The van der Waals surface area contributed by atoms with Crippen LogP contribution in [-0.4, -0.2) is 62.1 Å². The van der Waals surface area contributed by atoms with Crippen molar-refractivity contribution in [2.75, 3.05) is 51.3 Å². The fourth-order valence-corrected chi connectivity index (χ4v) is 4.81. The zero-order valence-corrected chi connectivity index (χ0v) is 19.2. The molecule has 6 heteroatoms.